The topological polar surface area (TPSA) is 74.1 Å². The van der Waals surface area contributed by atoms with Crippen molar-refractivity contribution in [2.75, 3.05) is 19.0 Å². The number of nitrogens with one attached hydrogen (secondary N) is 2. The van der Waals surface area contributed by atoms with Gasteiger partial charge in [-0.2, -0.15) is 5.26 Å². The second kappa shape index (κ2) is 6.21. The molecule has 0 aromatic heterocycles. The van der Waals surface area contributed by atoms with E-state index in [1.165, 1.54) is 7.11 Å². The van der Waals surface area contributed by atoms with Crippen LogP contribution in [0.1, 0.15) is 26.3 Å². The first-order valence-electron chi connectivity index (χ1n) is 5.99. The van der Waals surface area contributed by atoms with Crippen LogP contribution >= 0.6 is 0 Å². The van der Waals surface area contributed by atoms with Gasteiger partial charge in [0.05, 0.1) is 31.0 Å². The average molecular weight is 261 g/mol. The number of methoxy groups -OCH3 is 1. The molecule has 0 fully saturated rings. The number of hydrogen-bond acceptors (Lipinski definition) is 4. The van der Waals surface area contributed by atoms with E-state index < -0.39 is 0 Å². The van der Waals surface area contributed by atoms with E-state index in [-0.39, 0.29) is 18.0 Å². The molecule has 19 heavy (non-hydrogen) atoms. The molecule has 0 aliphatic carbocycles. The Kier molecular flexibility index (Phi) is 4.90. The van der Waals surface area contributed by atoms with Crippen molar-refractivity contribution in [3.8, 4) is 11.8 Å². The molecule has 5 nitrogen and oxygen atoms in total. The molecule has 1 rings (SSSR count). The minimum Gasteiger partial charge on any atom is -0.495 e. The quantitative estimate of drug-likeness (QED) is 0.868. The molecule has 0 heterocycles. The number of carbonyl (C=O) groups is 1. The maximum absolute atomic E-state index is 11.8. The fourth-order valence-corrected chi connectivity index (χ4v) is 1.40. The Bertz CT molecular complexity index is 498. The van der Waals surface area contributed by atoms with Gasteiger partial charge >= 0.3 is 0 Å². The summed E-state index contributed by atoms with van der Waals surface area (Å²) in [6.45, 7) is 6.18. The minimum atomic E-state index is -0.155. The Labute approximate surface area is 113 Å². The summed E-state index contributed by atoms with van der Waals surface area (Å²) < 4.78 is 5.15. The molecule has 0 saturated carbocycles. The van der Waals surface area contributed by atoms with E-state index in [0.717, 1.165) is 0 Å². The highest BCUT2D eigenvalue weighted by Crippen LogP contribution is 2.25. The molecule has 0 unspecified atom stereocenters. The molecular weight excluding hydrogens is 242 g/mol. The summed E-state index contributed by atoms with van der Waals surface area (Å²) >= 11 is 0. The molecule has 0 atom stereocenters. The average Bonchev–Trinajstić information content (AvgIpc) is 2.36. The third kappa shape index (κ3) is 4.98. The van der Waals surface area contributed by atoms with Crippen LogP contribution in [0.15, 0.2) is 18.2 Å². The molecule has 1 aromatic rings. The van der Waals surface area contributed by atoms with Crippen molar-refractivity contribution in [3.05, 3.63) is 23.8 Å². The number of nitriles is 1. The van der Waals surface area contributed by atoms with Gasteiger partial charge in [0.1, 0.15) is 5.75 Å². The fourth-order valence-electron chi connectivity index (χ4n) is 1.40. The third-order valence-corrected chi connectivity index (χ3v) is 2.38. The molecule has 0 aliphatic heterocycles. The van der Waals surface area contributed by atoms with Gasteiger partial charge in [-0.3, -0.25) is 4.79 Å². The highest BCUT2D eigenvalue weighted by atomic mass is 16.5. The maximum atomic E-state index is 11.8. The highest BCUT2D eigenvalue weighted by Gasteiger charge is 2.13. The van der Waals surface area contributed by atoms with Crippen LogP contribution in [0.5, 0.6) is 5.75 Å². The van der Waals surface area contributed by atoms with E-state index in [9.17, 15) is 4.79 Å². The van der Waals surface area contributed by atoms with Gasteiger partial charge in [0, 0.05) is 11.6 Å². The SMILES string of the molecule is COc1cc(C#N)ccc1NC(=O)CNC(C)(C)C. The summed E-state index contributed by atoms with van der Waals surface area (Å²) in [5.41, 5.74) is 0.927. The highest BCUT2D eigenvalue weighted by molar-refractivity contribution is 5.93. The van der Waals surface area contributed by atoms with Gasteiger partial charge < -0.3 is 15.4 Å². The summed E-state index contributed by atoms with van der Waals surface area (Å²) in [5, 5.41) is 14.6. The molecule has 0 saturated heterocycles. The summed E-state index contributed by atoms with van der Waals surface area (Å²) in [5.74, 6) is 0.320. The molecule has 0 bridgehead atoms. The monoisotopic (exact) mass is 261 g/mol. The molecule has 0 aliphatic rings. The number of carbonyl (C=O) groups excluding carboxylic acids is 1. The Morgan fingerprint density at radius 1 is 1.42 bits per heavy atom. The van der Waals surface area contributed by atoms with E-state index in [1.54, 1.807) is 18.2 Å². The van der Waals surface area contributed by atoms with Crippen LogP contribution in [0.2, 0.25) is 0 Å². The van der Waals surface area contributed by atoms with Gasteiger partial charge in [-0.15, -0.1) is 0 Å². The molecular formula is C14H19N3O2. The number of amides is 1. The van der Waals surface area contributed by atoms with Crippen molar-refractivity contribution in [2.24, 2.45) is 0 Å². The molecule has 102 valence electrons. The van der Waals surface area contributed by atoms with Crippen LogP contribution in [-0.2, 0) is 4.79 Å². The fraction of sp³-hybridized carbons (Fsp3) is 0.429. The summed E-state index contributed by atoms with van der Waals surface area (Å²) in [7, 11) is 1.50. The first-order chi connectivity index (χ1) is 8.85. The zero-order chi connectivity index (χ0) is 14.5. The third-order valence-electron chi connectivity index (χ3n) is 2.38. The molecule has 1 amide bonds. The molecule has 1 aromatic carbocycles. The Hall–Kier alpha value is -2.06. The molecule has 0 spiro atoms. The van der Waals surface area contributed by atoms with Crippen LogP contribution in [-0.4, -0.2) is 25.1 Å². The number of ether oxygens (including phenoxy) is 1. The molecule has 2 N–H and O–H groups in total. The lowest BCUT2D eigenvalue weighted by atomic mass is 10.1. The normalized spacial score (nSPS) is 10.7. The van der Waals surface area contributed by atoms with E-state index in [1.807, 2.05) is 26.8 Å². The van der Waals surface area contributed by atoms with E-state index in [4.69, 9.17) is 10.00 Å². The van der Waals surface area contributed by atoms with Crippen molar-refractivity contribution in [1.82, 2.24) is 5.32 Å². The van der Waals surface area contributed by atoms with Crippen LogP contribution in [0.3, 0.4) is 0 Å². The van der Waals surface area contributed by atoms with Crippen LogP contribution in [0, 0.1) is 11.3 Å². The lowest BCUT2D eigenvalue weighted by molar-refractivity contribution is -0.115. The van der Waals surface area contributed by atoms with Crippen molar-refractivity contribution >= 4 is 11.6 Å². The van der Waals surface area contributed by atoms with E-state index >= 15 is 0 Å². The Balaban J connectivity index is 2.72. The van der Waals surface area contributed by atoms with Gasteiger partial charge in [-0.25, -0.2) is 0 Å². The first kappa shape index (κ1) is 15.0. The van der Waals surface area contributed by atoms with Gasteiger partial charge in [0.15, 0.2) is 0 Å². The Morgan fingerprint density at radius 2 is 2.11 bits per heavy atom. The maximum Gasteiger partial charge on any atom is 0.238 e. The van der Waals surface area contributed by atoms with Gasteiger partial charge in [-0.05, 0) is 32.9 Å². The zero-order valence-electron chi connectivity index (χ0n) is 11.7. The van der Waals surface area contributed by atoms with Crippen molar-refractivity contribution < 1.29 is 9.53 Å². The number of benzene rings is 1. The lowest BCUT2D eigenvalue weighted by Gasteiger charge is -2.20. The van der Waals surface area contributed by atoms with Gasteiger partial charge in [-0.1, -0.05) is 0 Å². The Morgan fingerprint density at radius 3 is 2.63 bits per heavy atom. The summed E-state index contributed by atoms with van der Waals surface area (Å²) in [4.78, 5) is 11.8. The molecule has 5 heteroatoms. The first-order valence-corrected chi connectivity index (χ1v) is 5.99. The number of nitrogens with zero attached hydrogens (tertiary/aromatic N) is 1. The standard InChI is InChI=1S/C14H19N3O2/c1-14(2,3)16-9-13(18)17-11-6-5-10(8-15)7-12(11)19-4/h5-7,16H,9H2,1-4H3,(H,17,18). The van der Waals surface area contributed by atoms with E-state index in [2.05, 4.69) is 10.6 Å². The molecule has 0 radical (unpaired) electrons. The minimum absolute atomic E-state index is 0.119. The van der Waals surface area contributed by atoms with Crippen LogP contribution in [0.4, 0.5) is 5.69 Å². The predicted molar refractivity (Wildman–Crippen MR) is 74.1 cm³/mol. The van der Waals surface area contributed by atoms with Crippen LogP contribution < -0.4 is 15.4 Å². The number of rotatable bonds is 4. The predicted octanol–water partition coefficient (Wildman–Crippen LogP) is 1.89. The second-order valence-corrected chi connectivity index (χ2v) is 5.18. The van der Waals surface area contributed by atoms with E-state index in [0.29, 0.717) is 17.0 Å². The number of anilines is 1. The van der Waals surface area contributed by atoms with Crippen molar-refractivity contribution in [1.29, 1.82) is 5.26 Å². The van der Waals surface area contributed by atoms with Crippen molar-refractivity contribution in [3.63, 3.8) is 0 Å². The van der Waals surface area contributed by atoms with Gasteiger partial charge in [0.25, 0.3) is 0 Å². The summed E-state index contributed by atoms with van der Waals surface area (Å²) in [6.07, 6.45) is 0. The number of hydrogen-bond donors (Lipinski definition) is 2. The summed E-state index contributed by atoms with van der Waals surface area (Å²) in [6, 6.07) is 6.91. The van der Waals surface area contributed by atoms with Crippen LogP contribution in [0.25, 0.3) is 0 Å². The lowest BCUT2D eigenvalue weighted by Crippen LogP contribution is -2.41. The smallest absolute Gasteiger partial charge is 0.238 e. The largest absolute Gasteiger partial charge is 0.495 e. The van der Waals surface area contributed by atoms with Crippen molar-refractivity contribution in [2.45, 2.75) is 26.3 Å². The second-order valence-electron chi connectivity index (χ2n) is 5.18. The van der Waals surface area contributed by atoms with Gasteiger partial charge in [0.2, 0.25) is 5.91 Å². The zero-order valence-corrected chi connectivity index (χ0v) is 11.7.